The molecular formula is C13H17BrN2O3. The van der Waals surface area contributed by atoms with Gasteiger partial charge in [0.25, 0.3) is 5.69 Å². The van der Waals surface area contributed by atoms with Crippen LogP contribution in [0, 0.1) is 10.1 Å². The molecule has 1 unspecified atom stereocenters. The molecule has 0 aliphatic carbocycles. The van der Waals surface area contributed by atoms with Gasteiger partial charge in [-0.1, -0.05) is 15.9 Å². The Balaban J connectivity index is 1.77. The Labute approximate surface area is 120 Å². The molecule has 1 aliphatic rings. The van der Waals surface area contributed by atoms with Crippen LogP contribution in [0.5, 0.6) is 0 Å². The van der Waals surface area contributed by atoms with Crippen molar-refractivity contribution in [1.82, 2.24) is 5.32 Å². The van der Waals surface area contributed by atoms with Crippen LogP contribution in [0.4, 0.5) is 5.69 Å². The maximum Gasteiger partial charge on any atom is 0.270 e. The molecule has 1 saturated heterocycles. The maximum atomic E-state index is 10.6. The predicted octanol–water partition coefficient (Wildman–Crippen LogP) is 3.02. The number of nitrogens with zero attached hydrogens (tertiary/aromatic N) is 1. The van der Waals surface area contributed by atoms with Gasteiger partial charge in [-0.15, -0.1) is 0 Å². The number of non-ortho nitro benzene ring substituents is 1. The first-order valence-electron chi connectivity index (χ1n) is 6.42. The molecule has 1 aromatic rings. The Hall–Kier alpha value is -0.980. The zero-order valence-electron chi connectivity index (χ0n) is 10.6. The fourth-order valence-electron chi connectivity index (χ4n) is 2.15. The van der Waals surface area contributed by atoms with Crippen molar-refractivity contribution in [2.24, 2.45) is 0 Å². The normalized spacial score (nSPS) is 18.7. The molecule has 19 heavy (non-hydrogen) atoms. The molecule has 0 spiro atoms. The largest absolute Gasteiger partial charge is 0.378 e. The third-order valence-electron chi connectivity index (χ3n) is 3.23. The maximum absolute atomic E-state index is 10.6. The van der Waals surface area contributed by atoms with E-state index in [9.17, 15) is 10.1 Å². The highest BCUT2D eigenvalue weighted by atomic mass is 79.9. The quantitative estimate of drug-likeness (QED) is 0.495. The van der Waals surface area contributed by atoms with Crippen LogP contribution in [0.3, 0.4) is 0 Å². The highest BCUT2D eigenvalue weighted by molar-refractivity contribution is 9.10. The number of ether oxygens (including phenoxy) is 1. The van der Waals surface area contributed by atoms with E-state index in [2.05, 4.69) is 21.2 Å². The van der Waals surface area contributed by atoms with E-state index in [4.69, 9.17) is 4.74 Å². The minimum absolute atomic E-state index is 0.106. The van der Waals surface area contributed by atoms with E-state index in [0.29, 0.717) is 12.6 Å². The molecule has 0 aromatic heterocycles. The third-order valence-corrected chi connectivity index (χ3v) is 3.97. The van der Waals surface area contributed by atoms with Crippen molar-refractivity contribution >= 4 is 21.6 Å². The summed E-state index contributed by atoms with van der Waals surface area (Å²) in [6, 6.07) is 4.85. The molecule has 1 atom stereocenters. The average Bonchev–Trinajstić information content (AvgIpc) is 2.89. The summed E-state index contributed by atoms with van der Waals surface area (Å²) >= 11 is 3.36. The number of hydrogen-bond acceptors (Lipinski definition) is 4. The number of nitro benzene ring substituents is 1. The molecule has 6 heteroatoms. The Kier molecular flexibility index (Phi) is 5.30. The summed E-state index contributed by atoms with van der Waals surface area (Å²) in [5, 5.41) is 14.0. The van der Waals surface area contributed by atoms with Crippen LogP contribution >= 0.6 is 15.9 Å². The first kappa shape index (κ1) is 14.4. The number of nitrogens with one attached hydrogen (secondary N) is 1. The van der Waals surface area contributed by atoms with Crippen molar-refractivity contribution in [3.8, 4) is 0 Å². The van der Waals surface area contributed by atoms with Crippen LogP contribution in [0.2, 0.25) is 0 Å². The molecular weight excluding hydrogens is 312 g/mol. The number of hydrogen-bond donors (Lipinski definition) is 1. The van der Waals surface area contributed by atoms with Crippen LogP contribution in [-0.2, 0) is 11.3 Å². The van der Waals surface area contributed by atoms with Crippen LogP contribution in [-0.4, -0.2) is 24.2 Å². The van der Waals surface area contributed by atoms with Gasteiger partial charge in [-0.3, -0.25) is 10.1 Å². The molecule has 1 aliphatic heterocycles. The van der Waals surface area contributed by atoms with Crippen molar-refractivity contribution in [1.29, 1.82) is 0 Å². The van der Waals surface area contributed by atoms with Crippen LogP contribution in [0.1, 0.15) is 24.8 Å². The first-order valence-corrected chi connectivity index (χ1v) is 7.21. The smallest absolute Gasteiger partial charge is 0.270 e. The highest BCUT2D eigenvalue weighted by Gasteiger charge is 2.14. The van der Waals surface area contributed by atoms with Gasteiger partial charge in [0.1, 0.15) is 0 Å². The lowest BCUT2D eigenvalue weighted by atomic mass is 10.1. The lowest BCUT2D eigenvalue weighted by Gasteiger charge is -2.10. The standard InChI is InChI=1S/C13H17BrN2O3/c14-13-8-11(16(17)18)4-3-10(13)9-15-6-5-12-2-1-7-19-12/h3-4,8,12,15H,1-2,5-7,9H2. The molecule has 1 heterocycles. The van der Waals surface area contributed by atoms with E-state index in [1.807, 2.05) is 0 Å². The summed E-state index contributed by atoms with van der Waals surface area (Å²) in [5.41, 5.74) is 1.13. The third kappa shape index (κ3) is 4.26. The van der Waals surface area contributed by atoms with Crippen molar-refractivity contribution in [3.05, 3.63) is 38.3 Å². The van der Waals surface area contributed by atoms with Crippen LogP contribution in [0.15, 0.2) is 22.7 Å². The highest BCUT2D eigenvalue weighted by Crippen LogP contribution is 2.23. The second-order valence-corrected chi connectivity index (χ2v) is 5.49. The van der Waals surface area contributed by atoms with E-state index in [1.54, 1.807) is 6.07 Å². The van der Waals surface area contributed by atoms with Crippen molar-refractivity contribution in [2.45, 2.75) is 31.9 Å². The van der Waals surface area contributed by atoms with Gasteiger partial charge >= 0.3 is 0 Å². The van der Waals surface area contributed by atoms with Gasteiger partial charge in [0.2, 0.25) is 0 Å². The molecule has 1 N–H and O–H groups in total. The van der Waals surface area contributed by atoms with Gasteiger partial charge in [-0.2, -0.15) is 0 Å². The molecule has 0 saturated carbocycles. The monoisotopic (exact) mass is 328 g/mol. The number of rotatable bonds is 6. The van der Waals surface area contributed by atoms with E-state index in [1.165, 1.54) is 18.6 Å². The molecule has 0 amide bonds. The molecule has 0 bridgehead atoms. The zero-order chi connectivity index (χ0) is 13.7. The SMILES string of the molecule is O=[N+]([O-])c1ccc(CNCCC2CCCO2)c(Br)c1. The molecule has 0 radical (unpaired) electrons. The molecule has 2 rings (SSSR count). The number of nitro groups is 1. The van der Waals surface area contributed by atoms with Crippen molar-refractivity contribution < 1.29 is 9.66 Å². The van der Waals surface area contributed by atoms with Crippen LogP contribution in [0.25, 0.3) is 0 Å². The summed E-state index contributed by atoms with van der Waals surface area (Å²) in [4.78, 5) is 10.2. The molecule has 1 aromatic carbocycles. The Morgan fingerprint density at radius 3 is 3.00 bits per heavy atom. The molecule has 104 valence electrons. The minimum Gasteiger partial charge on any atom is -0.378 e. The second-order valence-electron chi connectivity index (χ2n) is 4.63. The van der Waals surface area contributed by atoms with Gasteiger partial charge in [0, 0.05) is 29.8 Å². The molecule has 5 nitrogen and oxygen atoms in total. The predicted molar refractivity (Wildman–Crippen MR) is 76.1 cm³/mol. The van der Waals surface area contributed by atoms with Gasteiger partial charge in [-0.25, -0.2) is 0 Å². The Bertz CT molecular complexity index is 448. The van der Waals surface area contributed by atoms with E-state index >= 15 is 0 Å². The van der Waals surface area contributed by atoms with Crippen LogP contribution < -0.4 is 5.32 Å². The van der Waals surface area contributed by atoms with E-state index < -0.39 is 0 Å². The first-order chi connectivity index (χ1) is 9.16. The fraction of sp³-hybridized carbons (Fsp3) is 0.538. The number of benzene rings is 1. The Morgan fingerprint density at radius 1 is 1.53 bits per heavy atom. The zero-order valence-corrected chi connectivity index (χ0v) is 12.2. The van der Waals surface area contributed by atoms with E-state index in [-0.39, 0.29) is 10.6 Å². The van der Waals surface area contributed by atoms with Crippen molar-refractivity contribution in [2.75, 3.05) is 13.2 Å². The van der Waals surface area contributed by atoms with Gasteiger partial charge in [0.05, 0.1) is 11.0 Å². The van der Waals surface area contributed by atoms with Crippen molar-refractivity contribution in [3.63, 3.8) is 0 Å². The summed E-state index contributed by atoms with van der Waals surface area (Å²) in [7, 11) is 0. The lowest BCUT2D eigenvalue weighted by Crippen LogP contribution is -2.20. The topological polar surface area (TPSA) is 64.4 Å². The van der Waals surface area contributed by atoms with Gasteiger partial charge < -0.3 is 10.1 Å². The molecule has 1 fully saturated rings. The minimum atomic E-state index is -0.389. The fourth-order valence-corrected chi connectivity index (χ4v) is 2.66. The Morgan fingerprint density at radius 2 is 2.37 bits per heavy atom. The summed E-state index contributed by atoms with van der Waals surface area (Å²) in [6.07, 6.45) is 3.74. The average molecular weight is 329 g/mol. The summed E-state index contributed by atoms with van der Waals surface area (Å²) < 4.78 is 6.32. The summed E-state index contributed by atoms with van der Waals surface area (Å²) in [5.74, 6) is 0. The van der Waals surface area contributed by atoms with Gasteiger partial charge in [0.15, 0.2) is 0 Å². The van der Waals surface area contributed by atoms with E-state index in [0.717, 1.165) is 36.0 Å². The second kappa shape index (κ2) is 6.98. The lowest BCUT2D eigenvalue weighted by molar-refractivity contribution is -0.384. The number of halogens is 1. The van der Waals surface area contributed by atoms with Gasteiger partial charge in [-0.05, 0) is 37.4 Å². The summed E-state index contributed by atoms with van der Waals surface area (Å²) in [6.45, 7) is 2.48.